The maximum Gasteiger partial charge on any atom is 0.339 e. The van der Waals surface area contributed by atoms with E-state index < -0.39 is 18.1 Å². The van der Waals surface area contributed by atoms with Crippen LogP contribution in [0.25, 0.3) is 0 Å². The maximum absolute atomic E-state index is 11.5. The van der Waals surface area contributed by atoms with Crippen molar-refractivity contribution in [2.24, 2.45) is 0 Å². The molecule has 1 aromatic rings. The van der Waals surface area contributed by atoms with Gasteiger partial charge in [0.1, 0.15) is 0 Å². The first kappa shape index (κ1) is 10.6. The Labute approximate surface area is 92.2 Å². The van der Waals surface area contributed by atoms with Crippen LogP contribution in [0, 0.1) is 10.1 Å². The van der Waals surface area contributed by atoms with Crippen molar-refractivity contribution in [1.82, 2.24) is 0 Å². The van der Waals surface area contributed by atoms with Crippen LogP contribution in [-0.4, -0.2) is 16.9 Å². The Bertz CT molecular complexity index is 443. The molecule has 0 bridgehead atoms. The predicted molar refractivity (Wildman–Crippen MR) is 55.7 cm³/mol. The molecule has 1 aliphatic heterocycles. The van der Waals surface area contributed by atoms with E-state index in [1.54, 1.807) is 31.2 Å². The number of benzene rings is 1. The van der Waals surface area contributed by atoms with Crippen molar-refractivity contribution in [3.63, 3.8) is 0 Å². The van der Waals surface area contributed by atoms with E-state index in [-0.39, 0.29) is 4.92 Å². The maximum atomic E-state index is 11.5. The molecule has 1 aromatic carbocycles. The molecule has 2 atom stereocenters. The quantitative estimate of drug-likeness (QED) is 0.444. The summed E-state index contributed by atoms with van der Waals surface area (Å²) in [6.45, 7) is 1.71. The molecule has 1 heterocycles. The number of cyclic esters (lactones) is 1. The lowest BCUT2D eigenvalue weighted by Crippen LogP contribution is -2.26. The fourth-order valence-corrected chi connectivity index (χ4v) is 1.93. The fraction of sp³-hybridized carbons (Fsp3) is 0.364. The van der Waals surface area contributed by atoms with Crippen molar-refractivity contribution in [1.29, 1.82) is 0 Å². The van der Waals surface area contributed by atoms with Crippen LogP contribution >= 0.6 is 0 Å². The average molecular weight is 221 g/mol. The number of carbonyl (C=O) groups excluding carboxylic acids is 1. The summed E-state index contributed by atoms with van der Waals surface area (Å²) in [6.07, 6.45) is -0.414. The van der Waals surface area contributed by atoms with Gasteiger partial charge in [0.15, 0.2) is 6.10 Å². The van der Waals surface area contributed by atoms with E-state index in [9.17, 15) is 14.9 Å². The van der Waals surface area contributed by atoms with Gasteiger partial charge in [-0.25, -0.2) is 4.79 Å². The standard InChI is InChI=1S/C11H11NO4/c1-2-9(12(14)15)10-7-5-3-4-6-8(7)11(13)16-10/h3-6,9-10H,2H2,1H3/t9-,10-/m1/s1. The van der Waals surface area contributed by atoms with Gasteiger partial charge in [0, 0.05) is 16.9 Å². The van der Waals surface area contributed by atoms with Gasteiger partial charge in [-0.3, -0.25) is 10.1 Å². The number of carbonyl (C=O) groups is 1. The van der Waals surface area contributed by atoms with Crippen LogP contribution in [0.4, 0.5) is 0 Å². The summed E-state index contributed by atoms with van der Waals surface area (Å²) in [7, 11) is 0. The summed E-state index contributed by atoms with van der Waals surface area (Å²) in [5.41, 5.74) is 1.06. The molecule has 2 rings (SSSR count). The number of rotatable bonds is 3. The molecule has 0 radical (unpaired) electrons. The number of nitrogens with zero attached hydrogens (tertiary/aromatic N) is 1. The molecular weight excluding hydrogens is 210 g/mol. The van der Waals surface area contributed by atoms with Crippen LogP contribution in [0.15, 0.2) is 24.3 Å². The van der Waals surface area contributed by atoms with Crippen LogP contribution in [0.1, 0.15) is 35.4 Å². The highest BCUT2D eigenvalue weighted by molar-refractivity contribution is 5.94. The van der Waals surface area contributed by atoms with Gasteiger partial charge in [0.2, 0.25) is 0 Å². The predicted octanol–water partition coefficient (Wildman–Crippen LogP) is 1.95. The third-order valence-corrected chi connectivity index (χ3v) is 2.76. The first-order chi connectivity index (χ1) is 7.65. The highest BCUT2D eigenvalue weighted by atomic mass is 16.6. The van der Waals surface area contributed by atoms with E-state index in [2.05, 4.69) is 0 Å². The Hall–Kier alpha value is -1.91. The average Bonchev–Trinajstić information content (AvgIpc) is 2.58. The number of esters is 1. The van der Waals surface area contributed by atoms with Crippen molar-refractivity contribution in [3.8, 4) is 0 Å². The molecule has 5 heteroatoms. The van der Waals surface area contributed by atoms with Crippen molar-refractivity contribution >= 4 is 5.97 Å². The van der Waals surface area contributed by atoms with Crippen molar-refractivity contribution < 1.29 is 14.5 Å². The lowest BCUT2D eigenvalue weighted by Gasteiger charge is -2.14. The van der Waals surface area contributed by atoms with E-state index in [1.807, 2.05) is 0 Å². The summed E-state index contributed by atoms with van der Waals surface area (Å²) >= 11 is 0. The second-order valence-electron chi connectivity index (χ2n) is 3.67. The fourth-order valence-electron chi connectivity index (χ4n) is 1.93. The number of ether oxygens (including phenoxy) is 1. The van der Waals surface area contributed by atoms with E-state index in [4.69, 9.17) is 4.74 Å². The minimum Gasteiger partial charge on any atom is -0.446 e. The normalized spacial score (nSPS) is 20.1. The van der Waals surface area contributed by atoms with E-state index in [0.717, 1.165) is 0 Å². The topological polar surface area (TPSA) is 69.4 Å². The van der Waals surface area contributed by atoms with Gasteiger partial charge in [-0.1, -0.05) is 25.1 Å². The van der Waals surface area contributed by atoms with Gasteiger partial charge >= 0.3 is 5.97 Å². The Balaban J connectivity index is 2.40. The third-order valence-electron chi connectivity index (χ3n) is 2.76. The van der Waals surface area contributed by atoms with Crippen LogP contribution < -0.4 is 0 Å². The Morgan fingerprint density at radius 3 is 2.81 bits per heavy atom. The number of fused-ring (bicyclic) bond motifs is 1. The molecule has 84 valence electrons. The van der Waals surface area contributed by atoms with Gasteiger partial charge in [-0.15, -0.1) is 0 Å². The monoisotopic (exact) mass is 221 g/mol. The van der Waals surface area contributed by atoms with E-state index in [1.165, 1.54) is 0 Å². The molecule has 5 nitrogen and oxygen atoms in total. The summed E-state index contributed by atoms with van der Waals surface area (Å²) in [5, 5.41) is 10.8. The molecule has 0 aromatic heterocycles. The SMILES string of the molecule is CC[C@H]([C@@H]1OC(=O)c2ccccc21)[N+](=O)[O-]. The molecule has 0 saturated heterocycles. The molecular formula is C11H11NO4. The summed E-state index contributed by atoms with van der Waals surface area (Å²) < 4.78 is 5.07. The molecule has 16 heavy (non-hydrogen) atoms. The summed E-state index contributed by atoms with van der Waals surface area (Å²) in [5.74, 6) is -0.471. The molecule has 0 aliphatic carbocycles. The molecule has 0 N–H and O–H groups in total. The van der Waals surface area contributed by atoms with Crippen molar-refractivity contribution in [3.05, 3.63) is 45.5 Å². The van der Waals surface area contributed by atoms with Gasteiger partial charge < -0.3 is 4.74 Å². The van der Waals surface area contributed by atoms with Gasteiger partial charge in [-0.2, -0.15) is 0 Å². The first-order valence-corrected chi connectivity index (χ1v) is 5.08. The molecule has 0 unspecified atom stereocenters. The van der Waals surface area contributed by atoms with E-state index in [0.29, 0.717) is 17.5 Å². The van der Waals surface area contributed by atoms with Gasteiger partial charge in [-0.05, 0) is 6.07 Å². The molecule has 1 aliphatic rings. The number of hydrogen-bond acceptors (Lipinski definition) is 4. The Kier molecular flexibility index (Phi) is 2.60. The van der Waals surface area contributed by atoms with Crippen LogP contribution in [0.5, 0.6) is 0 Å². The van der Waals surface area contributed by atoms with Crippen LogP contribution in [0.2, 0.25) is 0 Å². The largest absolute Gasteiger partial charge is 0.446 e. The third kappa shape index (κ3) is 1.54. The zero-order valence-corrected chi connectivity index (χ0v) is 8.75. The molecule has 0 amide bonds. The van der Waals surface area contributed by atoms with Crippen LogP contribution in [-0.2, 0) is 4.74 Å². The number of nitro groups is 1. The second kappa shape index (κ2) is 3.92. The highest BCUT2D eigenvalue weighted by Gasteiger charge is 2.41. The summed E-state index contributed by atoms with van der Waals surface area (Å²) in [4.78, 5) is 21.9. The molecule has 0 saturated carbocycles. The van der Waals surface area contributed by atoms with Gasteiger partial charge in [0.25, 0.3) is 6.04 Å². The zero-order chi connectivity index (χ0) is 11.7. The zero-order valence-electron chi connectivity index (χ0n) is 8.75. The lowest BCUT2D eigenvalue weighted by atomic mass is 9.99. The highest BCUT2D eigenvalue weighted by Crippen LogP contribution is 2.34. The molecule has 0 spiro atoms. The lowest BCUT2D eigenvalue weighted by molar-refractivity contribution is -0.535. The van der Waals surface area contributed by atoms with Crippen molar-refractivity contribution in [2.75, 3.05) is 0 Å². The minimum atomic E-state index is -0.868. The number of hydrogen-bond donors (Lipinski definition) is 0. The van der Waals surface area contributed by atoms with Crippen molar-refractivity contribution in [2.45, 2.75) is 25.5 Å². The van der Waals surface area contributed by atoms with E-state index >= 15 is 0 Å². The minimum absolute atomic E-state index is 0.333. The Morgan fingerprint density at radius 2 is 2.19 bits per heavy atom. The second-order valence-corrected chi connectivity index (χ2v) is 3.67. The molecule has 0 fully saturated rings. The van der Waals surface area contributed by atoms with Crippen LogP contribution in [0.3, 0.4) is 0 Å². The first-order valence-electron chi connectivity index (χ1n) is 5.08. The Morgan fingerprint density at radius 1 is 1.50 bits per heavy atom. The summed E-state index contributed by atoms with van der Waals surface area (Å²) in [6, 6.07) is 5.94. The van der Waals surface area contributed by atoms with Gasteiger partial charge in [0.05, 0.1) is 5.56 Å². The smallest absolute Gasteiger partial charge is 0.339 e.